The number of aliphatic hydroxyl groups is 1. The molecule has 0 aliphatic rings. The first kappa shape index (κ1) is 13.0. The fourth-order valence-corrected chi connectivity index (χ4v) is 1.69. The molecule has 3 nitrogen and oxygen atoms in total. The van der Waals surface area contributed by atoms with E-state index in [-0.39, 0.29) is 6.10 Å². The Kier molecular flexibility index (Phi) is 4.77. The number of methoxy groups -OCH3 is 1. The van der Waals surface area contributed by atoms with E-state index in [0.717, 1.165) is 17.9 Å². The molecule has 1 aromatic rings. The molecule has 0 aliphatic carbocycles. The normalized spacial score (nSPS) is 12.6. The Morgan fingerprint density at radius 2 is 2.06 bits per heavy atom. The first-order chi connectivity index (χ1) is 7.56. The molecule has 0 aliphatic heterocycles. The summed E-state index contributed by atoms with van der Waals surface area (Å²) >= 11 is 0. The number of ether oxygens (including phenoxy) is 1. The summed E-state index contributed by atoms with van der Waals surface area (Å²) in [6, 6.07) is 4.16. The van der Waals surface area contributed by atoms with Crippen LogP contribution in [0.5, 0.6) is 5.75 Å². The van der Waals surface area contributed by atoms with Crippen LogP contribution in [0.3, 0.4) is 0 Å². The van der Waals surface area contributed by atoms with Crippen molar-refractivity contribution in [1.82, 2.24) is 5.32 Å². The van der Waals surface area contributed by atoms with Crippen LogP contribution in [0.25, 0.3) is 0 Å². The molecule has 1 rings (SSSR count). The highest BCUT2D eigenvalue weighted by Gasteiger charge is 2.08. The summed E-state index contributed by atoms with van der Waals surface area (Å²) in [5, 5.41) is 12.4. The zero-order chi connectivity index (χ0) is 12.1. The summed E-state index contributed by atoms with van der Waals surface area (Å²) in [4.78, 5) is 0. The monoisotopic (exact) mass is 223 g/mol. The Morgan fingerprint density at radius 1 is 1.38 bits per heavy atom. The molecule has 1 unspecified atom stereocenters. The highest BCUT2D eigenvalue weighted by Crippen LogP contribution is 2.25. The predicted octanol–water partition coefficient (Wildman–Crippen LogP) is 1.78. The predicted molar refractivity (Wildman–Crippen MR) is 65.9 cm³/mol. The minimum absolute atomic E-state index is 0.322. The van der Waals surface area contributed by atoms with Gasteiger partial charge in [-0.3, -0.25) is 0 Å². The van der Waals surface area contributed by atoms with Gasteiger partial charge >= 0.3 is 0 Å². The molecular formula is C13H21NO2. The largest absolute Gasteiger partial charge is 0.496 e. The maximum Gasteiger partial charge on any atom is 0.126 e. The molecule has 0 saturated carbocycles. The van der Waals surface area contributed by atoms with E-state index < -0.39 is 0 Å². The van der Waals surface area contributed by atoms with Crippen LogP contribution >= 0.6 is 0 Å². The molecule has 0 heterocycles. The highest BCUT2D eigenvalue weighted by atomic mass is 16.5. The van der Waals surface area contributed by atoms with E-state index in [2.05, 4.69) is 31.3 Å². The molecule has 0 aromatic heterocycles. The minimum atomic E-state index is -0.322. The maximum atomic E-state index is 9.16. The zero-order valence-corrected chi connectivity index (χ0v) is 10.5. The lowest BCUT2D eigenvalue weighted by molar-refractivity contribution is 0.191. The van der Waals surface area contributed by atoms with Gasteiger partial charge in [0.05, 0.1) is 13.2 Å². The van der Waals surface area contributed by atoms with Crippen LogP contribution in [0.4, 0.5) is 0 Å². The molecule has 1 aromatic carbocycles. The lowest BCUT2D eigenvalue weighted by Crippen LogP contribution is -2.24. The lowest BCUT2D eigenvalue weighted by Gasteiger charge is -2.14. The smallest absolute Gasteiger partial charge is 0.126 e. The van der Waals surface area contributed by atoms with Gasteiger partial charge in [-0.25, -0.2) is 0 Å². The van der Waals surface area contributed by atoms with Crippen LogP contribution in [0.15, 0.2) is 12.1 Å². The Morgan fingerprint density at radius 3 is 2.62 bits per heavy atom. The van der Waals surface area contributed by atoms with Crippen molar-refractivity contribution in [2.45, 2.75) is 33.4 Å². The van der Waals surface area contributed by atoms with Gasteiger partial charge in [-0.15, -0.1) is 0 Å². The van der Waals surface area contributed by atoms with Crippen molar-refractivity contribution in [3.8, 4) is 5.75 Å². The third-order valence-corrected chi connectivity index (χ3v) is 2.72. The Bertz CT molecular complexity index is 348. The summed E-state index contributed by atoms with van der Waals surface area (Å²) in [5.41, 5.74) is 3.54. The van der Waals surface area contributed by atoms with Crippen LogP contribution in [0, 0.1) is 13.8 Å². The van der Waals surface area contributed by atoms with Gasteiger partial charge in [0, 0.05) is 18.7 Å². The van der Waals surface area contributed by atoms with E-state index in [1.54, 1.807) is 14.0 Å². The summed E-state index contributed by atoms with van der Waals surface area (Å²) in [6.07, 6.45) is -0.322. The Labute approximate surface area is 97.4 Å². The van der Waals surface area contributed by atoms with Gasteiger partial charge in [-0.1, -0.05) is 12.1 Å². The van der Waals surface area contributed by atoms with Crippen LogP contribution in [-0.2, 0) is 6.54 Å². The van der Waals surface area contributed by atoms with Crippen LogP contribution in [0.1, 0.15) is 23.6 Å². The van der Waals surface area contributed by atoms with Crippen molar-refractivity contribution >= 4 is 0 Å². The van der Waals surface area contributed by atoms with E-state index in [1.807, 2.05) is 0 Å². The van der Waals surface area contributed by atoms with Gasteiger partial charge in [0.15, 0.2) is 0 Å². The van der Waals surface area contributed by atoms with Crippen molar-refractivity contribution in [1.29, 1.82) is 0 Å². The van der Waals surface area contributed by atoms with Crippen LogP contribution in [-0.4, -0.2) is 24.9 Å². The van der Waals surface area contributed by atoms with Gasteiger partial charge in [0.1, 0.15) is 5.75 Å². The lowest BCUT2D eigenvalue weighted by atomic mass is 10.0. The average molecular weight is 223 g/mol. The Balaban J connectivity index is 2.76. The van der Waals surface area contributed by atoms with Gasteiger partial charge in [0.2, 0.25) is 0 Å². The van der Waals surface area contributed by atoms with Crippen molar-refractivity contribution in [3.05, 3.63) is 28.8 Å². The molecule has 0 amide bonds. The number of hydrogen-bond donors (Lipinski definition) is 2. The van der Waals surface area contributed by atoms with Gasteiger partial charge < -0.3 is 15.2 Å². The second-order valence-corrected chi connectivity index (χ2v) is 4.18. The standard InChI is InChI=1S/C13H21NO2/c1-9-5-6-12(8-14-7-10(2)15)13(16-4)11(9)3/h5-6,10,14-15H,7-8H2,1-4H3. The van der Waals surface area contributed by atoms with E-state index in [4.69, 9.17) is 9.84 Å². The van der Waals surface area contributed by atoms with E-state index in [0.29, 0.717) is 6.54 Å². The third kappa shape index (κ3) is 3.22. The Hall–Kier alpha value is -1.06. The van der Waals surface area contributed by atoms with E-state index in [1.165, 1.54) is 11.1 Å². The highest BCUT2D eigenvalue weighted by molar-refractivity contribution is 5.45. The molecule has 90 valence electrons. The molecule has 16 heavy (non-hydrogen) atoms. The second kappa shape index (κ2) is 5.87. The molecular weight excluding hydrogens is 202 g/mol. The van der Waals surface area contributed by atoms with Crippen molar-refractivity contribution < 1.29 is 9.84 Å². The molecule has 3 heteroatoms. The first-order valence-corrected chi connectivity index (χ1v) is 5.58. The summed E-state index contributed by atoms with van der Waals surface area (Å²) in [7, 11) is 1.69. The topological polar surface area (TPSA) is 41.5 Å². The second-order valence-electron chi connectivity index (χ2n) is 4.18. The first-order valence-electron chi connectivity index (χ1n) is 5.58. The molecule has 0 bridgehead atoms. The molecule has 0 fully saturated rings. The van der Waals surface area contributed by atoms with Gasteiger partial charge in [-0.2, -0.15) is 0 Å². The number of aliphatic hydroxyl groups excluding tert-OH is 1. The van der Waals surface area contributed by atoms with Crippen molar-refractivity contribution in [2.24, 2.45) is 0 Å². The fraction of sp³-hybridized carbons (Fsp3) is 0.538. The van der Waals surface area contributed by atoms with Gasteiger partial charge in [-0.05, 0) is 31.9 Å². The SMILES string of the molecule is COc1c(CNCC(C)O)ccc(C)c1C. The zero-order valence-electron chi connectivity index (χ0n) is 10.5. The summed E-state index contributed by atoms with van der Waals surface area (Å²) < 4.78 is 5.41. The van der Waals surface area contributed by atoms with E-state index >= 15 is 0 Å². The number of aryl methyl sites for hydroxylation is 1. The summed E-state index contributed by atoms with van der Waals surface area (Å²) in [6.45, 7) is 7.22. The average Bonchev–Trinajstić information content (AvgIpc) is 2.23. The number of benzene rings is 1. The number of nitrogens with one attached hydrogen (secondary N) is 1. The molecule has 0 spiro atoms. The minimum Gasteiger partial charge on any atom is -0.496 e. The third-order valence-electron chi connectivity index (χ3n) is 2.72. The number of rotatable bonds is 5. The van der Waals surface area contributed by atoms with Gasteiger partial charge in [0.25, 0.3) is 0 Å². The molecule has 0 saturated heterocycles. The fourth-order valence-electron chi connectivity index (χ4n) is 1.69. The summed E-state index contributed by atoms with van der Waals surface area (Å²) in [5.74, 6) is 0.943. The van der Waals surface area contributed by atoms with Crippen molar-refractivity contribution in [3.63, 3.8) is 0 Å². The van der Waals surface area contributed by atoms with Crippen LogP contribution < -0.4 is 10.1 Å². The quantitative estimate of drug-likeness (QED) is 0.799. The van der Waals surface area contributed by atoms with Crippen LogP contribution in [0.2, 0.25) is 0 Å². The maximum absolute atomic E-state index is 9.16. The van der Waals surface area contributed by atoms with E-state index in [9.17, 15) is 0 Å². The molecule has 1 atom stereocenters. The number of hydrogen-bond acceptors (Lipinski definition) is 3. The molecule has 2 N–H and O–H groups in total. The molecule has 0 radical (unpaired) electrons. The van der Waals surface area contributed by atoms with Crippen molar-refractivity contribution in [2.75, 3.05) is 13.7 Å².